The molecule has 1 aliphatic heterocycles. The van der Waals surface area contributed by atoms with E-state index in [1.54, 1.807) is 24.7 Å². The zero-order valence-corrected chi connectivity index (χ0v) is 14.5. The zero-order chi connectivity index (χ0) is 17.9. The Hall–Kier alpha value is -3.15. The highest BCUT2D eigenvalue weighted by molar-refractivity contribution is 5.73. The summed E-state index contributed by atoms with van der Waals surface area (Å²) < 4.78 is 19.4. The number of likely N-dealkylation sites (N-methyl/N-ethyl adjacent to an activating group) is 1. The molecule has 0 saturated carbocycles. The molecule has 5 nitrogen and oxygen atoms in total. The van der Waals surface area contributed by atoms with Crippen LogP contribution in [0.5, 0.6) is 11.6 Å². The van der Waals surface area contributed by atoms with E-state index in [1.807, 2.05) is 37.4 Å². The van der Waals surface area contributed by atoms with Crippen LogP contribution in [0, 0.1) is 5.82 Å². The van der Waals surface area contributed by atoms with Crippen LogP contribution in [0.25, 0.3) is 0 Å². The minimum absolute atomic E-state index is 0.211. The third-order valence-corrected chi connectivity index (χ3v) is 4.45. The predicted octanol–water partition coefficient (Wildman–Crippen LogP) is 3.86. The maximum atomic E-state index is 13.7. The first-order valence-electron chi connectivity index (χ1n) is 8.47. The number of ether oxygens (including phenoxy) is 1. The molecule has 0 atom stereocenters. The van der Waals surface area contributed by atoms with Crippen LogP contribution < -0.4 is 14.5 Å². The van der Waals surface area contributed by atoms with Crippen molar-refractivity contribution in [2.45, 2.75) is 6.54 Å². The zero-order valence-electron chi connectivity index (χ0n) is 14.5. The van der Waals surface area contributed by atoms with E-state index in [1.165, 1.54) is 6.07 Å². The quantitative estimate of drug-likeness (QED) is 0.715. The van der Waals surface area contributed by atoms with Crippen molar-refractivity contribution in [2.24, 2.45) is 0 Å². The van der Waals surface area contributed by atoms with Gasteiger partial charge in [-0.1, -0.05) is 12.1 Å². The summed E-state index contributed by atoms with van der Waals surface area (Å²) in [6, 6.07) is 12.8. The standard InChI is InChI=1S/C20H19FN4O/c1-24-10-11-25(19-12-16(21)4-7-18(19)24)14-15-2-5-17(6-3-15)26-20-13-22-8-9-23-20/h2-9,12-13H,10-11,14H2,1H3. The van der Waals surface area contributed by atoms with Gasteiger partial charge >= 0.3 is 0 Å². The van der Waals surface area contributed by atoms with Crippen molar-refractivity contribution in [1.82, 2.24) is 9.97 Å². The van der Waals surface area contributed by atoms with Gasteiger partial charge in [-0.05, 0) is 35.9 Å². The van der Waals surface area contributed by atoms with E-state index in [4.69, 9.17) is 4.74 Å². The summed E-state index contributed by atoms with van der Waals surface area (Å²) in [7, 11) is 2.03. The monoisotopic (exact) mass is 350 g/mol. The fourth-order valence-corrected chi connectivity index (χ4v) is 3.09. The average molecular weight is 350 g/mol. The summed E-state index contributed by atoms with van der Waals surface area (Å²) in [4.78, 5) is 12.4. The molecule has 0 N–H and O–H groups in total. The number of rotatable bonds is 4. The van der Waals surface area contributed by atoms with Gasteiger partial charge in [0, 0.05) is 39.1 Å². The maximum Gasteiger partial charge on any atom is 0.237 e. The number of benzene rings is 2. The second kappa shape index (κ2) is 7.00. The Labute approximate surface area is 151 Å². The lowest BCUT2D eigenvalue weighted by molar-refractivity contribution is 0.460. The number of nitrogens with zero attached hydrogens (tertiary/aromatic N) is 4. The summed E-state index contributed by atoms with van der Waals surface area (Å²) in [6.07, 6.45) is 4.77. The predicted molar refractivity (Wildman–Crippen MR) is 99.3 cm³/mol. The first-order valence-corrected chi connectivity index (χ1v) is 8.47. The van der Waals surface area contributed by atoms with E-state index >= 15 is 0 Å². The van der Waals surface area contributed by atoms with Gasteiger partial charge in [-0.2, -0.15) is 0 Å². The van der Waals surface area contributed by atoms with Crippen molar-refractivity contribution < 1.29 is 9.13 Å². The van der Waals surface area contributed by atoms with Crippen LogP contribution in [0.1, 0.15) is 5.56 Å². The molecule has 0 bridgehead atoms. The molecule has 6 heteroatoms. The Balaban J connectivity index is 1.50. The molecule has 0 fully saturated rings. The first-order chi connectivity index (χ1) is 12.7. The van der Waals surface area contributed by atoms with E-state index in [2.05, 4.69) is 19.8 Å². The van der Waals surface area contributed by atoms with Gasteiger partial charge in [0.1, 0.15) is 11.6 Å². The molecule has 26 heavy (non-hydrogen) atoms. The minimum atomic E-state index is -0.211. The summed E-state index contributed by atoms with van der Waals surface area (Å²) in [5, 5.41) is 0. The SMILES string of the molecule is CN1CCN(Cc2ccc(Oc3cnccn3)cc2)c2cc(F)ccc21. The van der Waals surface area contributed by atoms with Crippen LogP contribution in [0.2, 0.25) is 0 Å². The van der Waals surface area contributed by atoms with E-state index in [0.29, 0.717) is 11.6 Å². The first kappa shape index (κ1) is 16.3. The molecular weight excluding hydrogens is 331 g/mol. The smallest absolute Gasteiger partial charge is 0.237 e. The molecule has 0 unspecified atom stereocenters. The third kappa shape index (κ3) is 3.44. The van der Waals surface area contributed by atoms with Crippen molar-refractivity contribution in [2.75, 3.05) is 29.9 Å². The van der Waals surface area contributed by atoms with Crippen molar-refractivity contribution in [3.05, 3.63) is 72.4 Å². The number of hydrogen-bond donors (Lipinski definition) is 0. The van der Waals surface area contributed by atoms with Gasteiger partial charge in [0.2, 0.25) is 5.88 Å². The van der Waals surface area contributed by atoms with E-state index < -0.39 is 0 Å². The number of halogens is 1. The lowest BCUT2D eigenvalue weighted by Crippen LogP contribution is -2.38. The molecule has 0 spiro atoms. The van der Waals surface area contributed by atoms with Crippen molar-refractivity contribution in [3.63, 3.8) is 0 Å². The molecule has 2 heterocycles. The highest BCUT2D eigenvalue weighted by atomic mass is 19.1. The van der Waals surface area contributed by atoms with Gasteiger partial charge in [-0.3, -0.25) is 4.98 Å². The van der Waals surface area contributed by atoms with Gasteiger partial charge in [0.05, 0.1) is 17.6 Å². The molecule has 3 aromatic rings. The van der Waals surface area contributed by atoms with Gasteiger partial charge in [0.15, 0.2) is 0 Å². The van der Waals surface area contributed by atoms with Crippen LogP contribution >= 0.6 is 0 Å². The fraction of sp³-hybridized carbons (Fsp3) is 0.200. The molecule has 0 aliphatic carbocycles. The van der Waals surface area contributed by atoms with Gasteiger partial charge in [-0.15, -0.1) is 0 Å². The van der Waals surface area contributed by atoms with Gasteiger partial charge < -0.3 is 14.5 Å². The third-order valence-electron chi connectivity index (χ3n) is 4.45. The number of anilines is 2. The number of hydrogen-bond acceptors (Lipinski definition) is 5. The number of aromatic nitrogens is 2. The molecular formula is C20H19FN4O. The van der Waals surface area contributed by atoms with Gasteiger partial charge in [0.25, 0.3) is 0 Å². The minimum Gasteiger partial charge on any atom is -0.438 e. The van der Waals surface area contributed by atoms with E-state index in [9.17, 15) is 4.39 Å². The second-order valence-electron chi connectivity index (χ2n) is 6.27. The Morgan fingerprint density at radius 1 is 1.04 bits per heavy atom. The molecule has 0 radical (unpaired) electrons. The molecule has 0 saturated heterocycles. The lowest BCUT2D eigenvalue weighted by atomic mass is 10.1. The molecule has 2 aromatic carbocycles. The Kier molecular flexibility index (Phi) is 4.39. The van der Waals surface area contributed by atoms with Gasteiger partial charge in [-0.25, -0.2) is 9.37 Å². The fourth-order valence-electron chi connectivity index (χ4n) is 3.09. The Bertz CT molecular complexity index is 886. The normalized spacial score (nSPS) is 13.5. The lowest BCUT2D eigenvalue weighted by Gasteiger charge is -2.37. The van der Waals surface area contributed by atoms with Crippen LogP contribution in [0.3, 0.4) is 0 Å². The molecule has 0 amide bonds. The summed E-state index contributed by atoms with van der Waals surface area (Å²) >= 11 is 0. The van der Waals surface area contributed by atoms with Crippen LogP contribution in [-0.2, 0) is 6.54 Å². The van der Waals surface area contributed by atoms with Crippen molar-refractivity contribution in [1.29, 1.82) is 0 Å². The van der Waals surface area contributed by atoms with Crippen molar-refractivity contribution >= 4 is 11.4 Å². The summed E-state index contributed by atoms with van der Waals surface area (Å²) in [6.45, 7) is 2.48. The summed E-state index contributed by atoms with van der Waals surface area (Å²) in [5.41, 5.74) is 3.12. The summed E-state index contributed by atoms with van der Waals surface area (Å²) in [5.74, 6) is 0.958. The topological polar surface area (TPSA) is 41.5 Å². The molecule has 4 rings (SSSR count). The van der Waals surface area contributed by atoms with E-state index in [-0.39, 0.29) is 5.82 Å². The second-order valence-corrected chi connectivity index (χ2v) is 6.27. The molecule has 1 aliphatic rings. The molecule has 132 valence electrons. The Morgan fingerprint density at radius 2 is 1.88 bits per heavy atom. The maximum absolute atomic E-state index is 13.7. The number of fused-ring (bicyclic) bond motifs is 1. The highest BCUT2D eigenvalue weighted by Crippen LogP contribution is 2.34. The molecule has 1 aromatic heterocycles. The largest absolute Gasteiger partial charge is 0.438 e. The van der Waals surface area contributed by atoms with Crippen LogP contribution in [0.15, 0.2) is 61.1 Å². The van der Waals surface area contributed by atoms with Crippen molar-refractivity contribution in [3.8, 4) is 11.6 Å². The van der Waals surface area contributed by atoms with Crippen LogP contribution in [0.4, 0.5) is 15.8 Å². The van der Waals surface area contributed by atoms with E-state index in [0.717, 1.165) is 36.6 Å². The average Bonchev–Trinajstić information content (AvgIpc) is 2.66. The highest BCUT2D eigenvalue weighted by Gasteiger charge is 2.21. The Morgan fingerprint density at radius 3 is 2.65 bits per heavy atom. The van der Waals surface area contributed by atoms with Crippen LogP contribution in [-0.4, -0.2) is 30.1 Å².